The number of aryl methyl sites for hydroxylation is 2. The van der Waals surface area contributed by atoms with Crippen molar-refractivity contribution in [2.45, 2.75) is 37.3 Å². The van der Waals surface area contributed by atoms with Crippen LogP contribution in [0.25, 0.3) is 11.0 Å². The van der Waals surface area contributed by atoms with Crippen LogP contribution in [-0.4, -0.2) is 16.7 Å². The maximum Gasteiger partial charge on any atom is 0.336 e. The minimum atomic E-state index is -0.316. The fraction of sp³-hybridized carbons (Fsp3) is 0.353. The van der Waals surface area contributed by atoms with Crippen LogP contribution < -0.4 is 10.9 Å². The summed E-state index contributed by atoms with van der Waals surface area (Å²) in [7, 11) is 0. The van der Waals surface area contributed by atoms with Gasteiger partial charge in [-0.2, -0.15) is 0 Å². The normalized spacial score (nSPS) is 11.1. The first-order valence-corrected chi connectivity index (χ1v) is 9.61. The largest absolute Gasteiger partial charge is 0.423 e. The second-order valence-electron chi connectivity index (χ2n) is 5.61. The van der Waals surface area contributed by atoms with E-state index >= 15 is 0 Å². The maximum atomic E-state index is 11.8. The van der Waals surface area contributed by atoms with E-state index in [0.717, 1.165) is 38.9 Å². The lowest BCUT2D eigenvalue weighted by molar-refractivity contribution is 0.559. The number of aromatic nitrogens is 2. The van der Waals surface area contributed by atoms with Gasteiger partial charge in [0.05, 0.1) is 0 Å². The minimum Gasteiger partial charge on any atom is -0.423 e. The SMILES string of the molecule is CCCNc1nnc(SCc2cc(=O)oc3cc(C)c(C)cc23)s1. The molecule has 126 valence electrons. The molecule has 0 aliphatic rings. The van der Waals surface area contributed by atoms with Gasteiger partial charge in [0.1, 0.15) is 5.58 Å². The van der Waals surface area contributed by atoms with Gasteiger partial charge in [0.25, 0.3) is 0 Å². The van der Waals surface area contributed by atoms with Gasteiger partial charge in [-0.3, -0.25) is 0 Å². The Balaban J connectivity index is 1.83. The highest BCUT2D eigenvalue weighted by molar-refractivity contribution is 8.00. The number of hydrogen-bond acceptors (Lipinski definition) is 7. The van der Waals surface area contributed by atoms with Crippen LogP contribution in [0.1, 0.15) is 30.0 Å². The summed E-state index contributed by atoms with van der Waals surface area (Å²) in [5.41, 5.74) is 3.59. The molecule has 0 aliphatic carbocycles. The molecule has 1 aromatic carbocycles. The van der Waals surface area contributed by atoms with E-state index in [1.165, 1.54) is 16.9 Å². The molecule has 2 aromatic heterocycles. The number of fused-ring (bicyclic) bond motifs is 1. The van der Waals surface area contributed by atoms with E-state index in [2.05, 4.69) is 35.4 Å². The molecule has 0 saturated carbocycles. The number of hydrogen-bond donors (Lipinski definition) is 1. The Bertz CT molecular complexity index is 918. The van der Waals surface area contributed by atoms with Crippen LogP contribution in [0.3, 0.4) is 0 Å². The molecule has 0 spiro atoms. The highest BCUT2D eigenvalue weighted by Crippen LogP contribution is 2.31. The molecule has 0 fully saturated rings. The molecule has 5 nitrogen and oxygen atoms in total. The average Bonchev–Trinajstić information content (AvgIpc) is 3.00. The molecular weight excluding hydrogens is 342 g/mol. The van der Waals surface area contributed by atoms with Crippen molar-refractivity contribution in [2.75, 3.05) is 11.9 Å². The first-order chi connectivity index (χ1) is 11.6. The summed E-state index contributed by atoms with van der Waals surface area (Å²) in [6, 6.07) is 5.58. The van der Waals surface area contributed by atoms with Crippen LogP contribution in [0.4, 0.5) is 5.13 Å². The summed E-state index contributed by atoms with van der Waals surface area (Å²) in [6.45, 7) is 7.08. The molecule has 3 aromatic rings. The zero-order valence-corrected chi connectivity index (χ0v) is 15.5. The fourth-order valence-electron chi connectivity index (χ4n) is 2.31. The molecule has 24 heavy (non-hydrogen) atoms. The monoisotopic (exact) mass is 361 g/mol. The standard InChI is InChI=1S/C17H19N3O2S2/c1-4-5-18-16-19-20-17(24-16)23-9-12-8-15(21)22-14-7-11(3)10(2)6-13(12)14/h6-8H,4-5,9H2,1-3H3,(H,18,19). The van der Waals surface area contributed by atoms with Crippen LogP contribution in [-0.2, 0) is 5.75 Å². The number of nitrogens with zero attached hydrogens (tertiary/aromatic N) is 2. The Labute approximate surface area is 148 Å². The Kier molecular flexibility index (Phi) is 5.20. The van der Waals surface area contributed by atoms with Gasteiger partial charge in [0.2, 0.25) is 5.13 Å². The lowest BCUT2D eigenvalue weighted by Gasteiger charge is -2.07. The van der Waals surface area contributed by atoms with Crippen molar-refractivity contribution in [3.05, 3.63) is 45.3 Å². The zero-order chi connectivity index (χ0) is 17.1. The van der Waals surface area contributed by atoms with E-state index in [1.807, 2.05) is 13.0 Å². The quantitative estimate of drug-likeness (QED) is 0.519. The summed E-state index contributed by atoms with van der Waals surface area (Å²) >= 11 is 3.12. The number of benzene rings is 1. The second-order valence-corrected chi connectivity index (χ2v) is 7.81. The van der Waals surface area contributed by atoms with Crippen LogP contribution in [0.15, 0.2) is 31.8 Å². The van der Waals surface area contributed by atoms with Gasteiger partial charge in [-0.25, -0.2) is 4.79 Å². The van der Waals surface area contributed by atoms with Crippen LogP contribution >= 0.6 is 23.1 Å². The molecule has 0 atom stereocenters. The predicted molar refractivity (Wildman–Crippen MR) is 100 cm³/mol. The zero-order valence-electron chi connectivity index (χ0n) is 13.9. The number of thioether (sulfide) groups is 1. The molecular formula is C17H19N3O2S2. The Hall–Kier alpha value is -1.86. The third kappa shape index (κ3) is 3.79. The van der Waals surface area contributed by atoms with Gasteiger partial charge in [-0.05, 0) is 49.1 Å². The average molecular weight is 361 g/mol. The number of nitrogens with one attached hydrogen (secondary N) is 1. The topological polar surface area (TPSA) is 68.0 Å². The lowest BCUT2D eigenvalue weighted by atomic mass is 10.0. The lowest BCUT2D eigenvalue weighted by Crippen LogP contribution is -2.00. The van der Waals surface area contributed by atoms with Gasteiger partial charge in [-0.15, -0.1) is 10.2 Å². The van der Waals surface area contributed by atoms with Crippen molar-refractivity contribution < 1.29 is 4.42 Å². The van der Waals surface area contributed by atoms with E-state index in [0.29, 0.717) is 11.3 Å². The molecule has 2 heterocycles. The van der Waals surface area contributed by atoms with E-state index in [1.54, 1.807) is 17.8 Å². The molecule has 3 rings (SSSR count). The van der Waals surface area contributed by atoms with Gasteiger partial charge < -0.3 is 9.73 Å². The molecule has 1 N–H and O–H groups in total. The predicted octanol–water partition coefficient (Wildman–Crippen LogP) is 4.38. The van der Waals surface area contributed by atoms with Crippen molar-refractivity contribution in [1.82, 2.24) is 10.2 Å². The molecule has 0 unspecified atom stereocenters. The molecule has 0 radical (unpaired) electrons. The summed E-state index contributed by atoms with van der Waals surface area (Å²) in [5.74, 6) is 0.660. The number of rotatable bonds is 6. The first-order valence-electron chi connectivity index (χ1n) is 7.81. The molecule has 7 heteroatoms. The van der Waals surface area contributed by atoms with E-state index in [9.17, 15) is 4.79 Å². The summed E-state index contributed by atoms with van der Waals surface area (Å²) < 4.78 is 6.23. The maximum absolute atomic E-state index is 11.8. The summed E-state index contributed by atoms with van der Waals surface area (Å²) in [5, 5.41) is 13.4. The van der Waals surface area contributed by atoms with E-state index in [4.69, 9.17) is 4.42 Å². The summed E-state index contributed by atoms with van der Waals surface area (Å²) in [6.07, 6.45) is 1.05. The van der Waals surface area contributed by atoms with Crippen molar-refractivity contribution in [1.29, 1.82) is 0 Å². The van der Waals surface area contributed by atoms with Gasteiger partial charge in [-0.1, -0.05) is 30.0 Å². The third-order valence-corrected chi connectivity index (χ3v) is 5.79. The fourth-order valence-corrected chi connectivity index (χ4v) is 4.08. The van der Waals surface area contributed by atoms with Crippen molar-refractivity contribution in [2.24, 2.45) is 0 Å². The Morgan fingerprint density at radius 3 is 2.79 bits per heavy atom. The second kappa shape index (κ2) is 7.36. The molecule has 0 saturated heterocycles. The van der Waals surface area contributed by atoms with E-state index in [-0.39, 0.29) is 5.63 Å². The van der Waals surface area contributed by atoms with E-state index < -0.39 is 0 Å². The summed E-state index contributed by atoms with van der Waals surface area (Å²) in [4.78, 5) is 11.8. The minimum absolute atomic E-state index is 0.316. The van der Waals surface area contributed by atoms with Gasteiger partial charge in [0.15, 0.2) is 4.34 Å². The van der Waals surface area contributed by atoms with Crippen LogP contribution in [0, 0.1) is 13.8 Å². The molecule has 0 amide bonds. The molecule has 0 bridgehead atoms. The van der Waals surface area contributed by atoms with Crippen LogP contribution in [0.5, 0.6) is 0 Å². The highest BCUT2D eigenvalue weighted by atomic mass is 32.2. The smallest absolute Gasteiger partial charge is 0.336 e. The highest BCUT2D eigenvalue weighted by Gasteiger charge is 2.10. The molecule has 0 aliphatic heterocycles. The Morgan fingerprint density at radius 1 is 1.21 bits per heavy atom. The Morgan fingerprint density at radius 2 is 2.00 bits per heavy atom. The number of anilines is 1. The van der Waals surface area contributed by atoms with Crippen LogP contribution in [0.2, 0.25) is 0 Å². The van der Waals surface area contributed by atoms with Gasteiger partial charge in [0, 0.05) is 23.8 Å². The van der Waals surface area contributed by atoms with Gasteiger partial charge >= 0.3 is 5.63 Å². The first kappa shape index (κ1) is 17.0. The van der Waals surface area contributed by atoms with Crippen molar-refractivity contribution >= 4 is 39.2 Å². The third-order valence-electron chi connectivity index (χ3n) is 3.73. The van der Waals surface area contributed by atoms with Crippen molar-refractivity contribution in [3.8, 4) is 0 Å². The van der Waals surface area contributed by atoms with Crippen molar-refractivity contribution in [3.63, 3.8) is 0 Å².